The molecule has 1 aliphatic heterocycles. The SMILES string of the molecule is ON1C=C(Oc2ccc(CCNc3ncnc4c(F)ccc(F)c34)cc2)C(C(F)(F)F)=CC1. The fraction of sp³-hybridized carbons (Fsp3) is 0.182. The van der Waals surface area contributed by atoms with E-state index in [1.54, 1.807) is 12.1 Å². The minimum absolute atomic E-state index is 0.0477. The van der Waals surface area contributed by atoms with E-state index in [9.17, 15) is 27.2 Å². The maximum Gasteiger partial charge on any atom is 0.419 e. The van der Waals surface area contributed by atoms with E-state index in [1.807, 2.05) is 0 Å². The Morgan fingerprint density at radius 3 is 2.48 bits per heavy atom. The van der Waals surface area contributed by atoms with Crippen molar-refractivity contribution < 1.29 is 31.9 Å². The van der Waals surface area contributed by atoms with Crippen LogP contribution in [-0.2, 0) is 6.42 Å². The number of aromatic nitrogens is 2. The Bertz CT molecular complexity index is 1230. The van der Waals surface area contributed by atoms with Gasteiger partial charge in [-0.25, -0.2) is 18.7 Å². The third-order valence-electron chi connectivity index (χ3n) is 4.87. The lowest BCUT2D eigenvalue weighted by molar-refractivity contribution is -0.0966. The van der Waals surface area contributed by atoms with Gasteiger partial charge in [-0.1, -0.05) is 12.1 Å². The Kier molecular flexibility index (Phi) is 6.14. The molecule has 33 heavy (non-hydrogen) atoms. The number of allylic oxidation sites excluding steroid dienone is 1. The smallest absolute Gasteiger partial charge is 0.419 e. The van der Waals surface area contributed by atoms with Gasteiger partial charge in [-0.05, 0) is 42.3 Å². The summed E-state index contributed by atoms with van der Waals surface area (Å²) in [6.45, 7) is 0.0274. The van der Waals surface area contributed by atoms with Crippen LogP contribution in [0.1, 0.15) is 5.56 Å². The molecule has 0 bridgehead atoms. The Morgan fingerprint density at radius 1 is 1.03 bits per heavy atom. The third-order valence-corrected chi connectivity index (χ3v) is 4.87. The zero-order chi connectivity index (χ0) is 23.6. The van der Waals surface area contributed by atoms with Crippen LogP contribution in [0.2, 0.25) is 0 Å². The Balaban J connectivity index is 1.41. The second-order valence-corrected chi connectivity index (χ2v) is 7.13. The topological polar surface area (TPSA) is 70.5 Å². The molecule has 0 fully saturated rings. The van der Waals surface area contributed by atoms with Crippen LogP contribution in [0.4, 0.5) is 27.8 Å². The van der Waals surface area contributed by atoms with Gasteiger partial charge in [0.1, 0.15) is 35.0 Å². The molecule has 0 atom stereocenters. The first-order valence-electron chi connectivity index (χ1n) is 9.77. The van der Waals surface area contributed by atoms with E-state index < -0.39 is 29.1 Å². The first-order chi connectivity index (χ1) is 15.7. The molecule has 4 rings (SSSR count). The molecule has 2 aromatic carbocycles. The number of nitrogens with one attached hydrogen (secondary N) is 1. The van der Waals surface area contributed by atoms with Crippen molar-refractivity contribution in [2.24, 2.45) is 0 Å². The minimum Gasteiger partial charge on any atom is -0.455 e. The highest BCUT2D eigenvalue weighted by Gasteiger charge is 2.39. The first-order valence-corrected chi connectivity index (χ1v) is 9.77. The Hall–Kier alpha value is -3.73. The highest BCUT2D eigenvalue weighted by molar-refractivity contribution is 5.89. The summed E-state index contributed by atoms with van der Waals surface area (Å²) in [5, 5.41) is 13.0. The fourth-order valence-corrected chi connectivity index (χ4v) is 3.29. The summed E-state index contributed by atoms with van der Waals surface area (Å²) in [6.07, 6.45) is -1.32. The van der Waals surface area contributed by atoms with Gasteiger partial charge < -0.3 is 10.1 Å². The van der Waals surface area contributed by atoms with E-state index in [0.29, 0.717) is 18.0 Å². The summed E-state index contributed by atoms with van der Waals surface area (Å²) in [6, 6.07) is 8.30. The monoisotopic (exact) mass is 464 g/mol. The molecule has 11 heteroatoms. The predicted molar refractivity (Wildman–Crippen MR) is 109 cm³/mol. The van der Waals surface area contributed by atoms with Crippen molar-refractivity contribution in [3.05, 3.63) is 83.5 Å². The van der Waals surface area contributed by atoms with Crippen molar-refractivity contribution >= 4 is 16.7 Å². The van der Waals surface area contributed by atoms with Gasteiger partial charge in [-0.3, -0.25) is 10.3 Å². The average molecular weight is 464 g/mol. The second kappa shape index (κ2) is 9.02. The summed E-state index contributed by atoms with van der Waals surface area (Å²) < 4.78 is 72.8. The van der Waals surface area contributed by atoms with Crippen LogP contribution in [0.3, 0.4) is 0 Å². The summed E-state index contributed by atoms with van der Waals surface area (Å²) in [7, 11) is 0. The molecule has 0 amide bonds. The normalized spacial score (nSPS) is 14.2. The Labute approximate surface area is 184 Å². The Morgan fingerprint density at radius 2 is 1.76 bits per heavy atom. The standard InChI is InChI=1S/C22H17F5N4O2/c23-16-5-6-17(24)20-19(16)21(30-12-29-20)28-9-7-13-1-3-14(4-2-13)33-18-11-31(32)10-8-15(18)22(25,26)27/h1-6,8,11-12,32H,7,9-10H2,(H,28,29,30). The molecular weight excluding hydrogens is 447 g/mol. The molecule has 3 aromatic rings. The number of rotatable bonds is 6. The average Bonchev–Trinajstić information content (AvgIpc) is 2.77. The number of benzene rings is 2. The van der Waals surface area contributed by atoms with Gasteiger partial charge >= 0.3 is 6.18 Å². The van der Waals surface area contributed by atoms with Crippen LogP contribution in [0, 0.1) is 11.6 Å². The number of alkyl halides is 3. The molecule has 2 N–H and O–H groups in total. The van der Waals surface area contributed by atoms with Crippen molar-refractivity contribution in [2.75, 3.05) is 18.4 Å². The number of hydrogen-bond acceptors (Lipinski definition) is 6. The first kappa shape index (κ1) is 22.5. The lowest BCUT2D eigenvalue weighted by atomic mass is 10.1. The second-order valence-electron chi connectivity index (χ2n) is 7.13. The molecule has 2 heterocycles. The largest absolute Gasteiger partial charge is 0.455 e. The van der Waals surface area contributed by atoms with E-state index in [1.165, 1.54) is 12.1 Å². The van der Waals surface area contributed by atoms with Crippen LogP contribution in [-0.4, -0.2) is 39.5 Å². The van der Waals surface area contributed by atoms with Gasteiger partial charge in [0.25, 0.3) is 0 Å². The lowest BCUT2D eigenvalue weighted by Crippen LogP contribution is -2.26. The lowest BCUT2D eigenvalue weighted by Gasteiger charge is -2.23. The molecule has 1 aliphatic rings. The van der Waals surface area contributed by atoms with Crippen molar-refractivity contribution in [1.82, 2.24) is 15.0 Å². The van der Waals surface area contributed by atoms with E-state index in [2.05, 4.69) is 15.3 Å². The predicted octanol–water partition coefficient (Wildman–Crippen LogP) is 4.98. The van der Waals surface area contributed by atoms with Crippen molar-refractivity contribution in [1.29, 1.82) is 0 Å². The summed E-state index contributed by atoms with van der Waals surface area (Å²) in [5.74, 6) is -1.52. The van der Waals surface area contributed by atoms with E-state index in [0.717, 1.165) is 36.3 Å². The van der Waals surface area contributed by atoms with Gasteiger partial charge in [0.2, 0.25) is 0 Å². The summed E-state index contributed by atoms with van der Waals surface area (Å²) in [5.41, 5.74) is -0.283. The molecule has 0 saturated heterocycles. The van der Waals surface area contributed by atoms with Crippen molar-refractivity contribution in [3.63, 3.8) is 0 Å². The van der Waals surface area contributed by atoms with E-state index >= 15 is 0 Å². The van der Waals surface area contributed by atoms with Crippen LogP contribution < -0.4 is 10.1 Å². The summed E-state index contributed by atoms with van der Waals surface area (Å²) in [4.78, 5) is 7.75. The fourth-order valence-electron chi connectivity index (χ4n) is 3.29. The van der Waals surface area contributed by atoms with Gasteiger partial charge in [0.15, 0.2) is 5.76 Å². The summed E-state index contributed by atoms with van der Waals surface area (Å²) >= 11 is 0. The number of hydrogen-bond donors (Lipinski definition) is 2. The van der Waals surface area contributed by atoms with Crippen LogP contribution in [0.5, 0.6) is 5.75 Å². The number of anilines is 1. The molecule has 6 nitrogen and oxygen atoms in total. The van der Waals surface area contributed by atoms with E-state index in [4.69, 9.17) is 4.74 Å². The molecule has 0 spiro atoms. The van der Waals surface area contributed by atoms with Gasteiger partial charge in [-0.15, -0.1) is 0 Å². The van der Waals surface area contributed by atoms with Crippen LogP contribution in [0.15, 0.2) is 66.3 Å². The van der Waals surface area contributed by atoms with E-state index in [-0.39, 0.29) is 29.0 Å². The van der Waals surface area contributed by atoms with Crippen molar-refractivity contribution in [3.8, 4) is 5.75 Å². The van der Waals surface area contributed by atoms with Crippen molar-refractivity contribution in [2.45, 2.75) is 12.6 Å². The molecule has 0 unspecified atom stereocenters. The highest BCUT2D eigenvalue weighted by atomic mass is 19.4. The number of halogens is 5. The minimum atomic E-state index is -4.62. The number of fused-ring (bicyclic) bond motifs is 1. The van der Waals surface area contributed by atoms with Crippen LogP contribution >= 0.6 is 0 Å². The number of ether oxygens (including phenoxy) is 1. The molecule has 172 valence electrons. The number of nitrogens with zero attached hydrogens (tertiary/aromatic N) is 3. The molecule has 1 aromatic heterocycles. The molecular formula is C22H17F5N4O2. The molecule has 0 saturated carbocycles. The van der Waals surface area contributed by atoms with Gasteiger partial charge in [-0.2, -0.15) is 13.2 Å². The zero-order valence-corrected chi connectivity index (χ0v) is 16.9. The maximum absolute atomic E-state index is 14.1. The highest BCUT2D eigenvalue weighted by Crippen LogP contribution is 2.34. The van der Waals surface area contributed by atoms with Gasteiger partial charge in [0.05, 0.1) is 23.7 Å². The molecule has 0 radical (unpaired) electrons. The third kappa shape index (κ3) is 5.03. The van der Waals surface area contributed by atoms with Gasteiger partial charge in [0, 0.05) is 6.54 Å². The number of hydroxylamine groups is 2. The quantitative estimate of drug-likeness (QED) is 0.502. The molecule has 0 aliphatic carbocycles. The van der Waals surface area contributed by atoms with Crippen LogP contribution in [0.25, 0.3) is 10.9 Å². The zero-order valence-electron chi connectivity index (χ0n) is 16.9. The maximum atomic E-state index is 14.1.